The van der Waals surface area contributed by atoms with Crippen molar-refractivity contribution in [2.75, 3.05) is 20.1 Å². The summed E-state index contributed by atoms with van der Waals surface area (Å²) in [4.78, 5) is 13.4. The number of carbonyl (C=O) groups is 1. The van der Waals surface area contributed by atoms with Crippen LogP contribution in [0.5, 0.6) is 0 Å². The minimum atomic E-state index is -0.365. The van der Waals surface area contributed by atoms with Gasteiger partial charge in [-0.25, -0.2) is 0 Å². The van der Waals surface area contributed by atoms with Gasteiger partial charge in [-0.15, -0.1) is 0 Å². The molecule has 0 saturated carbocycles. The Morgan fingerprint density at radius 2 is 2.17 bits per heavy atom. The predicted octanol–water partition coefficient (Wildman–Crippen LogP) is 0.969. The number of hydrogen-bond donors (Lipinski definition) is 2. The van der Waals surface area contributed by atoms with Gasteiger partial charge in [-0.3, -0.25) is 4.79 Å². The second-order valence-electron chi connectivity index (χ2n) is 5.02. The lowest BCUT2D eigenvalue weighted by atomic mass is 10.0. The summed E-state index contributed by atoms with van der Waals surface area (Å²) in [5.74, 6) is -0.365. The smallest absolute Gasteiger partial charge is 0.248 e. The van der Waals surface area contributed by atoms with Crippen molar-refractivity contribution in [2.24, 2.45) is 5.73 Å². The van der Waals surface area contributed by atoms with Gasteiger partial charge < -0.3 is 16.0 Å². The molecule has 4 heteroatoms. The highest BCUT2D eigenvalue weighted by Gasteiger charge is 2.15. The number of nitrogens with two attached hydrogens (primary N) is 1. The molecule has 1 heterocycles. The Bertz CT molecular complexity index is 411. The number of nitrogens with one attached hydrogen (secondary N) is 1. The van der Waals surface area contributed by atoms with Crippen molar-refractivity contribution in [3.8, 4) is 0 Å². The largest absolute Gasteiger partial charge is 0.366 e. The first kappa shape index (κ1) is 13.1. The zero-order chi connectivity index (χ0) is 13.0. The summed E-state index contributed by atoms with van der Waals surface area (Å²) in [5, 5.41) is 3.55. The van der Waals surface area contributed by atoms with E-state index in [9.17, 15) is 4.79 Å². The van der Waals surface area contributed by atoms with Gasteiger partial charge in [-0.1, -0.05) is 12.1 Å². The van der Waals surface area contributed by atoms with Gasteiger partial charge in [-0.05, 0) is 50.7 Å². The Hall–Kier alpha value is -1.39. The third-order valence-corrected chi connectivity index (χ3v) is 3.52. The number of piperidine rings is 1. The fraction of sp³-hybridized carbons (Fsp3) is 0.500. The van der Waals surface area contributed by atoms with Crippen LogP contribution in [0.25, 0.3) is 0 Å². The van der Waals surface area contributed by atoms with Gasteiger partial charge in [-0.2, -0.15) is 0 Å². The molecule has 1 aromatic carbocycles. The molecule has 0 unspecified atom stereocenters. The predicted molar refractivity (Wildman–Crippen MR) is 72.3 cm³/mol. The molecule has 0 aliphatic carbocycles. The zero-order valence-corrected chi connectivity index (χ0v) is 10.9. The Labute approximate surface area is 108 Å². The molecule has 1 amide bonds. The van der Waals surface area contributed by atoms with E-state index in [0.29, 0.717) is 11.6 Å². The first-order valence-electron chi connectivity index (χ1n) is 6.46. The Balaban J connectivity index is 1.86. The number of nitrogens with zero attached hydrogens (tertiary/aromatic N) is 1. The van der Waals surface area contributed by atoms with Gasteiger partial charge in [0.05, 0.1) is 0 Å². The second kappa shape index (κ2) is 5.98. The highest BCUT2D eigenvalue weighted by atomic mass is 16.1. The minimum Gasteiger partial charge on any atom is -0.366 e. The Kier molecular flexibility index (Phi) is 4.33. The van der Waals surface area contributed by atoms with Crippen LogP contribution in [0, 0.1) is 0 Å². The molecular formula is C14H21N3O. The van der Waals surface area contributed by atoms with E-state index in [1.807, 2.05) is 18.2 Å². The van der Waals surface area contributed by atoms with Crippen molar-refractivity contribution in [1.82, 2.24) is 10.2 Å². The lowest BCUT2D eigenvalue weighted by Gasteiger charge is -2.29. The number of primary amides is 1. The van der Waals surface area contributed by atoms with Crippen LogP contribution in [-0.2, 0) is 6.54 Å². The minimum absolute atomic E-state index is 0.365. The number of rotatable bonds is 4. The zero-order valence-electron chi connectivity index (χ0n) is 10.9. The number of benzene rings is 1. The SMILES string of the molecule is CN1CCC(NCc2cccc(C(N)=O)c2)CC1. The first-order chi connectivity index (χ1) is 8.65. The number of likely N-dealkylation sites (tertiary alicyclic amines) is 1. The van der Waals surface area contributed by atoms with E-state index >= 15 is 0 Å². The van der Waals surface area contributed by atoms with Crippen molar-refractivity contribution < 1.29 is 4.79 Å². The van der Waals surface area contributed by atoms with E-state index in [1.54, 1.807) is 6.07 Å². The summed E-state index contributed by atoms with van der Waals surface area (Å²) in [6.45, 7) is 3.10. The van der Waals surface area contributed by atoms with Gasteiger partial charge in [0.1, 0.15) is 0 Å². The van der Waals surface area contributed by atoms with Crippen molar-refractivity contribution in [3.63, 3.8) is 0 Å². The van der Waals surface area contributed by atoms with Gasteiger partial charge in [0.2, 0.25) is 5.91 Å². The molecule has 0 radical (unpaired) electrons. The van der Waals surface area contributed by atoms with Crippen molar-refractivity contribution >= 4 is 5.91 Å². The number of amides is 1. The van der Waals surface area contributed by atoms with Crippen LogP contribution >= 0.6 is 0 Å². The van der Waals surface area contributed by atoms with Crippen LogP contribution in [-0.4, -0.2) is 37.0 Å². The Morgan fingerprint density at radius 3 is 2.83 bits per heavy atom. The highest BCUT2D eigenvalue weighted by Crippen LogP contribution is 2.10. The van der Waals surface area contributed by atoms with Crippen molar-refractivity contribution in [3.05, 3.63) is 35.4 Å². The first-order valence-corrected chi connectivity index (χ1v) is 6.46. The standard InChI is InChI=1S/C14H21N3O/c1-17-7-5-13(6-8-17)16-10-11-3-2-4-12(9-11)14(15)18/h2-4,9,13,16H,5-8,10H2,1H3,(H2,15,18). The van der Waals surface area contributed by atoms with Crippen molar-refractivity contribution in [1.29, 1.82) is 0 Å². The van der Waals surface area contributed by atoms with Crippen LogP contribution in [0.1, 0.15) is 28.8 Å². The van der Waals surface area contributed by atoms with E-state index < -0.39 is 0 Å². The van der Waals surface area contributed by atoms with Gasteiger partial charge >= 0.3 is 0 Å². The lowest BCUT2D eigenvalue weighted by molar-refractivity contribution is 0.1000. The normalized spacial score (nSPS) is 17.8. The van der Waals surface area contributed by atoms with Crippen LogP contribution in [0.3, 0.4) is 0 Å². The maximum absolute atomic E-state index is 11.1. The molecule has 0 aromatic heterocycles. The van der Waals surface area contributed by atoms with Gasteiger partial charge in [0.25, 0.3) is 0 Å². The van der Waals surface area contributed by atoms with Gasteiger partial charge in [0.15, 0.2) is 0 Å². The summed E-state index contributed by atoms with van der Waals surface area (Å²) in [5.41, 5.74) is 6.97. The van der Waals surface area contributed by atoms with E-state index in [0.717, 1.165) is 25.2 Å². The summed E-state index contributed by atoms with van der Waals surface area (Å²) in [6.07, 6.45) is 2.37. The maximum atomic E-state index is 11.1. The third kappa shape index (κ3) is 3.55. The van der Waals surface area contributed by atoms with Crippen LogP contribution < -0.4 is 11.1 Å². The van der Waals surface area contributed by atoms with Gasteiger partial charge in [0, 0.05) is 18.2 Å². The average molecular weight is 247 g/mol. The topological polar surface area (TPSA) is 58.4 Å². The fourth-order valence-electron chi connectivity index (χ4n) is 2.31. The summed E-state index contributed by atoms with van der Waals surface area (Å²) in [6, 6.07) is 8.10. The summed E-state index contributed by atoms with van der Waals surface area (Å²) >= 11 is 0. The molecule has 1 aromatic rings. The molecular weight excluding hydrogens is 226 g/mol. The molecule has 98 valence electrons. The molecule has 0 bridgehead atoms. The molecule has 2 rings (SSSR count). The highest BCUT2D eigenvalue weighted by molar-refractivity contribution is 5.92. The molecule has 1 saturated heterocycles. The van der Waals surface area contributed by atoms with Crippen LogP contribution in [0.2, 0.25) is 0 Å². The summed E-state index contributed by atoms with van der Waals surface area (Å²) in [7, 11) is 2.16. The molecule has 18 heavy (non-hydrogen) atoms. The molecule has 1 aliphatic rings. The molecule has 0 atom stereocenters. The Morgan fingerprint density at radius 1 is 1.44 bits per heavy atom. The molecule has 1 fully saturated rings. The molecule has 4 nitrogen and oxygen atoms in total. The van der Waals surface area contributed by atoms with E-state index in [4.69, 9.17) is 5.73 Å². The average Bonchev–Trinajstić information content (AvgIpc) is 2.38. The van der Waals surface area contributed by atoms with E-state index in [1.165, 1.54) is 12.8 Å². The number of hydrogen-bond acceptors (Lipinski definition) is 3. The van der Waals surface area contributed by atoms with Crippen LogP contribution in [0.4, 0.5) is 0 Å². The molecule has 0 spiro atoms. The quantitative estimate of drug-likeness (QED) is 0.833. The number of carbonyl (C=O) groups excluding carboxylic acids is 1. The van der Waals surface area contributed by atoms with Crippen molar-refractivity contribution in [2.45, 2.75) is 25.4 Å². The maximum Gasteiger partial charge on any atom is 0.248 e. The second-order valence-corrected chi connectivity index (χ2v) is 5.02. The van der Waals surface area contributed by atoms with E-state index in [2.05, 4.69) is 17.3 Å². The fourth-order valence-corrected chi connectivity index (χ4v) is 2.31. The monoisotopic (exact) mass is 247 g/mol. The molecule has 1 aliphatic heterocycles. The van der Waals surface area contributed by atoms with Crippen LogP contribution in [0.15, 0.2) is 24.3 Å². The third-order valence-electron chi connectivity index (χ3n) is 3.52. The molecule has 3 N–H and O–H groups in total. The van der Waals surface area contributed by atoms with E-state index in [-0.39, 0.29) is 5.91 Å². The summed E-state index contributed by atoms with van der Waals surface area (Å²) < 4.78 is 0. The lowest BCUT2D eigenvalue weighted by Crippen LogP contribution is -2.40.